The highest BCUT2D eigenvalue weighted by Crippen LogP contribution is 2.33. The molecular weight excluding hydrogens is 368 g/mol. The van der Waals surface area contributed by atoms with Gasteiger partial charge in [0.15, 0.2) is 6.61 Å². The second kappa shape index (κ2) is 8.18. The molecule has 1 saturated carbocycles. The first kappa shape index (κ1) is 19.5. The molecule has 1 heterocycles. The number of amides is 1. The van der Waals surface area contributed by atoms with Crippen molar-refractivity contribution in [1.82, 2.24) is 4.90 Å². The summed E-state index contributed by atoms with van der Waals surface area (Å²) in [6.07, 6.45) is 4.70. The second-order valence-electron chi connectivity index (χ2n) is 7.23. The van der Waals surface area contributed by atoms with Crippen LogP contribution in [0, 0.1) is 17.2 Å². The van der Waals surface area contributed by atoms with Crippen molar-refractivity contribution in [2.45, 2.75) is 44.1 Å². The van der Waals surface area contributed by atoms with Gasteiger partial charge < -0.3 is 14.4 Å². The molecule has 0 bridgehead atoms. The van der Waals surface area contributed by atoms with Gasteiger partial charge in [-0.25, -0.2) is 0 Å². The molecule has 1 aliphatic carbocycles. The Morgan fingerprint density at radius 2 is 2.11 bits per heavy atom. The predicted octanol–water partition coefficient (Wildman–Crippen LogP) is 3.12. The summed E-state index contributed by atoms with van der Waals surface area (Å²) in [6.45, 7) is -0.155. The number of carbonyl (C=O) groups is 2. The van der Waals surface area contributed by atoms with Crippen molar-refractivity contribution >= 4 is 23.5 Å². The van der Waals surface area contributed by atoms with Crippen molar-refractivity contribution in [3.8, 4) is 11.8 Å². The number of benzene rings is 1. The molecule has 7 heteroatoms. The Hall–Kier alpha value is -2.26. The number of hydrogen-bond donors (Lipinski definition) is 0. The van der Waals surface area contributed by atoms with Crippen LogP contribution in [-0.2, 0) is 20.7 Å². The Morgan fingerprint density at radius 3 is 2.81 bits per heavy atom. The summed E-state index contributed by atoms with van der Waals surface area (Å²) in [4.78, 5) is 26.3. The maximum absolute atomic E-state index is 12.5. The number of likely N-dealkylation sites (N-methyl/N-ethyl adjacent to an activating group) is 1. The van der Waals surface area contributed by atoms with Crippen LogP contribution < -0.4 is 4.74 Å². The number of ether oxygens (including phenoxy) is 2. The number of rotatable bonds is 4. The fraction of sp³-hybridized carbons (Fsp3) is 0.550. The van der Waals surface area contributed by atoms with E-state index < -0.39 is 17.4 Å². The van der Waals surface area contributed by atoms with Crippen molar-refractivity contribution in [1.29, 1.82) is 5.26 Å². The monoisotopic (exact) mass is 390 g/mol. The Bertz CT molecular complexity index is 768. The van der Waals surface area contributed by atoms with Crippen LogP contribution >= 0.6 is 11.6 Å². The second-order valence-corrected chi connectivity index (χ2v) is 7.67. The van der Waals surface area contributed by atoms with E-state index in [4.69, 9.17) is 21.1 Å². The van der Waals surface area contributed by atoms with Gasteiger partial charge in [0, 0.05) is 12.1 Å². The van der Waals surface area contributed by atoms with Crippen LogP contribution in [0.2, 0.25) is 5.02 Å². The van der Waals surface area contributed by atoms with Gasteiger partial charge in [0.1, 0.15) is 17.9 Å². The lowest BCUT2D eigenvalue weighted by molar-refractivity contribution is -0.158. The van der Waals surface area contributed by atoms with Crippen LogP contribution in [0.25, 0.3) is 0 Å². The molecule has 0 N–H and O–H groups in total. The molecule has 0 radical (unpaired) electrons. The van der Waals surface area contributed by atoms with Crippen molar-refractivity contribution in [3.63, 3.8) is 0 Å². The summed E-state index contributed by atoms with van der Waals surface area (Å²) in [7, 11) is 1.62. The minimum absolute atomic E-state index is 0.208. The van der Waals surface area contributed by atoms with E-state index in [1.54, 1.807) is 25.2 Å². The third kappa shape index (κ3) is 4.19. The Morgan fingerprint density at radius 1 is 1.37 bits per heavy atom. The molecule has 1 amide bonds. The van der Waals surface area contributed by atoms with Gasteiger partial charge in [-0.05, 0) is 43.0 Å². The van der Waals surface area contributed by atoms with E-state index in [-0.39, 0.29) is 19.1 Å². The van der Waals surface area contributed by atoms with Crippen LogP contribution in [0.5, 0.6) is 5.75 Å². The molecule has 0 unspecified atom stereocenters. The minimum atomic E-state index is -0.786. The summed E-state index contributed by atoms with van der Waals surface area (Å²) in [6, 6.07) is 7.59. The summed E-state index contributed by atoms with van der Waals surface area (Å²) in [5.41, 5.74) is 0.0653. The highest BCUT2D eigenvalue weighted by Gasteiger charge is 2.39. The average Bonchev–Trinajstić information content (AvgIpc) is 2.71. The van der Waals surface area contributed by atoms with Gasteiger partial charge in [0.25, 0.3) is 5.91 Å². The van der Waals surface area contributed by atoms with Crippen molar-refractivity contribution in [2.24, 2.45) is 5.92 Å². The molecule has 0 aromatic heterocycles. The zero-order valence-electron chi connectivity index (χ0n) is 15.4. The van der Waals surface area contributed by atoms with Crippen LogP contribution in [0.4, 0.5) is 0 Å². The van der Waals surface area contributed by atoms with Gasteiger partial charge in [-0.3, -0.25) is 9.59 Å². The zero-order valence-corrected chi connectivity index (χ0v) is 16.1. The van der Waals surface area contributed by atoms with E-state index in [2.05, 4.69) is 6.07 Å². The summed E-state index contributed by atoms with van der Waals surface area (Å²) < 4.78 is 10.8. The van der Waals surface area contributed by atoms with E-state index in [1.165, 1.54) is 4.90 Å². The summed E-state index contributed by atoms with van der Waals surface area (Å²) in [5, 5.41) is 10.2. The van der Waals surface area contributed by atoms with Gasteiger partial charge >= 0.3 is 5.97 Å². The van der Waals surface area contributed by atoms with E-state index in [0.717, 1.165) is 24.8 Å². The zero-order chi connectivity index (χ0) is 19.4. The largest absolute Gasteiger partial charge is 0.492 e. The van der Waals surface area contributed by atoms with Crippen LogP contribution in [0.1, 0.15) is 37.7 Å². The standard InChI is InChI=1S/C20H23ClN2O4/c1-23(20(13-22)7-3-2-4-8-20)18(24)12-27-19(25)15-9-14-10-16(21)5-6-17(14)26-11-15/h5-6,10,15H,2-4,7-9,11-12H2,1H3/t15-/m0/s1. The molecule has 1 atom stereocenters. The molecule has 0 saturated heterocycles. The molecule has 27 heavy (non-hydrogen) atoms. The van der Waals surface area contributed by atoms with Gasteiger partial charge in [-0.1, -0.05) is 30.9 Å². The number of esters is 1. The summed E-state index contributed by atoms with van der Waals surface area (Å²) in [5.74, 6) is -0.592. The van der Waals surface area contributed by atoms with Crippen LogP contribution in [-0.4, -0.2) is 42.6 Å². The fourth-order valence-corrected chi connectivity index (χ4v) is 3.95. The lowest BCUT2D eigenvalue weighted by Crippen LogP contribution is -2.51. The van der Waals surface area contributed by atoms with E-state index in [9.17, 15) is 14.9 Å². The van der Waals surface area contributed by atoms with Gasteiger partial charge in [-0.15, -0.1) is 0 Å². The lowest BCUT2D eigenvalue weighted by atomic mass is 9.81. The quantitative estimate of drug-likeness (QED) is 0.738. The first-order valence-corrected chi connectivity index (χ1v) is 9.59. The molecule has 1 fully saturated rings. The molecule has 3 rings (SSSR count). The highest BCUT2D eigenvalue weighted by molar-refractivity contribution is 6.30. The number of nitriles is 1. The number of carbonyl (C=O) groups excluding carboxylic acids is 2. The first-order chi connectivity index (χ1) is 12.9. The SMILES string of the molecule is CN(C(=O)COC(=O)[C@@H]1COc2ccc(Cl)cc2C1)C1(C#N)CCCCC1. The molecule has 1 aromatic rings. The first-order valence-electron chi connectivity index (χ1n) is 9.21. The topological polar surface area (TPSA) is 79.6 Å². The Labute approximate surface area is 164 Å². The third-order valence-corrected chi connectivity index (χ3v) is 5.74. The van der Waals surface area contributed by atoms with Crippen molar-refractivity contribution in [3.05, 3.63) is 28.8 Å². The van der Waals surface area contributed by atoms with Crippen molar-refractivity contribution < 1.29 is 19.1 Å². The molecule has 0 spiro atoms. The number of halogens is 1. The van der Waals surface area contributed by atoms with Crippen molar-refractivity contribution in [2.75, 3.05) is 20.3 Å². The van der Waals surface area contributed by atoms with Crippen LogP contribution in [0.15, 0.2) is 18.2 Å². The minimum Gasteiger partial charge on any atom is -0.492 e. The number of fused-ring (bicyclic) bond motifs is 1. The normalized spacial score (nSPS) is 20.6. The average molecular weight is 391 g/mol. The molecule has 1 aliphatic heterocycles. The maximum Gasteiger partial charge on any atom is 0.313 e. The van der Waals surface area contributed by atoms with Crippen LogP contribution in [0.3, 0.4) is 0 Å². The Balaban J connectivity index is 1.56. The fourth-order valence-electron chi connectivity index (χ4n) is 3.76. The predicted molar refractivity (Wildman–Crippen MR) is 99.3 cm³/mol. The van der Waals surface area contributed by atoms with Gasteiger partial charge in [0.05, 0.1) is 12.0 Å². The third-order valence-electron chi connectivity index (χ3n) is 5.51. The molecule has 1 aromatic carbocycles. The van der Waals surface area contributed by atoms with Gasteiger partial charge in [-0.2, -0.15) is 5.26 Å². The molecule has 144 valence electrons. The lowest BCUT2D eigenvalue weighted by Gasteiger charge is -2.38. The molecule has 6 nitrogen and oxygen atoms in total. The summed E-state index contributed by atoms with van der Waals surface area (Å²) >= 11 is 5.99. The Kier molecular flexibility index (Phi) is 5.91. The van der Waals surface area contributed by atoms with E-state index in [0.29, 0.717) is 30.0 Å². The number of hydrogen-bond acceptors (Lipinski definition) is 5. The van der Waals surface area contributed by atoms with E-state index >= 15 is 0 Å². The maximum atomic E-state index is 12.5. The highest BCUT2D eigenvalue weighted by atomic mass is 35.5. The van der Waals surface area contributed by atoms with E-state index in [1.807, 2.05) is 0 Å². The molecule has 2 aliphatic rings. The number of nitrogens with zero attached hydrogens (tertiary/aromatic N) is 2. The molecular formula is C20H23ClN2O4. The van der Waals surface area contributed by atoms with Gasteiger partial charge in [0.2, 0.25) is 0 Å². The smallest absolute Gasteiger partial charge is 0.313 e.